The van der Waals surface area contributed by atoms with Crippen LogP contribution < -0.4 is 14.2 Å². The number of ether oxygens (including phenoxy) is 3. The maximum absolute atomic E-state index is 10.4. The summed E-state index contributed by atoms with van der Waals surface area (Å²) < 4.78 is 15.6. The van der Waals surface area contributed by atoms with Crippen LogP contribution in [0.3, 0.4) is 0 Å². The van der Waals surface area contributed by atoms with Gasteiger partial charge >= 0.3 is 0 Å². The summed E-state index contributed by atoms with van der Waals surface area (Å²) in [4.78, 5) is 0. The maximum atomic E-state index is 10.4. The molecule has 1 atom stereocenters. The van der Waals surface area contributed by atoms with Gasteiger partial charge in [-0.3, -0.25) is 0 Å². The summed E-state index contributed by atoms with van der Waals surface area (Å²) in [6.07, 6.45) is -0.0716. The standard InChI is InChI=1S/C17H20O4/c1-19-14-7-4-12(5-8-14)10-15(18)13-6-9-16(20-2)17(11-13)21-3/h4-9,11,15,18H,10H2,1-3H3/t15-/m1/s1. The molecule has 0 spiro atoms. The van der Waals surface area contributed by atoms with E-state index in [1.54, 1.807) is 33.5 Å². The highest BCUT2D eigenvalue weighted by Crippen LogP contribution is 2.31. The van der Waals surface area contributed by atoms with Crippen molar-refractivity contribution in [2.24, 2.45) is 0 Å². The van der Waals surface area contributed by atoms with Crippen molar-refractivity contribution in [2.45, 2.75) is 12.5 Å². The second kappa shape index (κ2) is 6.99. The van der Waals surface area contributed by atoms with Crippen LogP contribution in [0, 0.1) is 0 Å². The van der Waals surface area contributed by atoms with Crippen LogP contribution in [-0.2, 0) is 6.42 Å². The predicted octanol–water partition coefficient (Wildman–Crippen LogP) is 2.99. The molecule has 0 saturated carbocycles. The number of methoxy groups -OCH3 is 3. The Bertz CT molecular complexity index is 578. The van der Waals surface area contributed by atoms with Crippen molar-refractivity contribution >= 4 is 0 Å². The molecule has 2 rings (SSSR count). The predicted molar refractivity (Wildman–Crippen MR) is 81.2 cm³/mol. The van der Waals surface area contributed by atoms with Gasteiger partial charge in [0.15, 0.2) is 11.5 Å². The topological polar surface area (TPSA) is 47.9 Å². The molecule has 112 valence electrons. The summed E-state index contributed by atoms with van der Waals surface area (Å²) in [6.45, 7) is 0. The van der Waals surface area contributed by atoms with Crippen molar-refractivity contribution in [1.82, 2.24) is 0 Å². The average molecular weight is 288 g/mol. The molecule has 0 saturated heterocycles. The quantitative estimate of drug-likeness (QED) is 0.887. The number of aliphatic hydroxyl groups excluding tert-OH is 1. The smallest absolute Gasteiger partial charge is 0.161 e. The molecule has 21 heavy (non-hydrogen) atoms. The minimum Gasteiger partial charge on any atom is -0.497 e. The summed E-state index contributed by atoms with van der Waals surface area (Å²) in [5, 5.41) is 10.4. The van der Waals surface area contributed by atoms with Gasteiger partial charge in [0.1, 0.15) is 5.75 Å². The van der Waals surface area contributed by atoms with Gasteiger partial charge in [-0.15, -0.1) is 0 Å². The Balaban J connectivity index is 2.13. The molecule has 0 aromatic heterocycles. The van der Waals surface area contributed by atoms with Gasteiger partial charge in [0.05, 0.1) is 27.4 Å². The van der Waals surface area contributed by atoms with Crippen LogP contribution in [-0.4, -0.2) is 26.4 Å². The molecular weight excluding hydrogens is 268 g/mol. The molecule has 0 unspecified atom stereocenters. The molecule has 0 aliphatic carbocycles. The molecule has 0 amide bonds. The van der Waals surface area contributed by atoms with Gasteiger partial charge in [0, 0.05) is 6.42 Å². The van der Waals surface area contributed by atoms with E-state index in [4.69, 9.17) is 14.2 Å². The Morgan fingerprint density at radius 3 is 2.10 bits per heavy atom. The first kappa shape index (κ1) is 15.2. The van der Waals surface area contributed by atoms with Crippen LogP contribution in [0.2, 0.25) is 0 Å². The van der Waals surface area contributed by atoms with Crippen LogP contribution >= 0.6 is 0 Å². The average Bonchev–Trinajstić information content (AvgIpc) is 2.54. The maximum Gasteiger partial charge on any atom is 0.161 e. The van der Waals surface area contributed by atoms with Gasteiger partial charge in [0.2, 0.25) is 0 Å². The number of aliphatic hydroxyl groups is 1. The molecule has 2 aromatic carbocycles. The SMILES string of the molecule is COc1ccc(C[C@@H](O)c2ccc(OC)c(OC)c2)cc1. The van der Waals surface area contributed by atoms with Crippen molar-refractivity contribution in [1.29, 1.82) is 0 Å². The monoisotopic (exact) mass is 288 g/mol. The van der Waals surface area contributed by atoms with Crippen molar-refractivity contribution in [3.05, 3.63) is 53.6 Å². The molecule has 0 fully saturated rings. The molecule has 0 heterocycles. The Hall–Kier alpha value is -2.20. The van der Waals surface area contributed by atoms with E-state index in [1.807, 2.05) is 30.3 Å². The minimum atomic E-state index is -0.599. The van der Waals surface area contributed by atoms with Crippen molar-refractivity contribution in [3.63, 3.8) is 0 Å². The minimum absolute atomic E-state index is 0.527. The third-order valence-corrected chi connectivity index (χ3v) is 3.38. The zero-order chi connectivity index (χ0) is 15.2. The van der Waals surface area contributed by atoms with Gasteiger partial charge < -0.3 is 19.3 Å². The van der Waals surface area contributed by atoms with E-state index in [0.717, 1.165) is 16.9 Å². The van der Waals surface area contributed by atoms with Gasteiger partial charge in [-0.1, -0.05) is 18.2 Å². The zero-order valence-electron chi connectivity index (χ0n) is 12.5. The molecule has 0 radical (unpaired) electrons. The molecule has 1 N–H and O–H groups in total. The summed E-state index contributed by atoms with van der Waals surface area (Å²) in [5.41, 5.74) is 1.83. The second-order valence-electron chi connectivity index (χ2n) is 4.68. The third kappa shape index (κ3) is 3.67. The first-order chi connectivity index (χ1) is 10.2. The lowest BCUT2D eigenvalue weighted by atomic mass is 10.0. The van der Waals surface area contributed by atoms with E-state index in [1.165, 1.54) is 0 Å². The highest BCUT2D eigenvalue weighted by Gasteiger charge is 2.12. The summed E-state index contributed by atoms with van der Waals surface area (Å²) in [6, 6.07) is 13.1. The largest absolute Gasteiger partial charge is 0.497 e. The van der Waals surface area contributed by atoms with Crippen LogP contribution in [0.1, 0.15) is 17.2 Å². The van der Waals surface area contributed by atoms with Gasteiger partial charge in [-0.25, -0.2) is 0 Å². The van der Waals surface area contributed by atoms with Crippen molar-refractivity contribution in [2.75, 3.05) is 21.3 Å². The lowest BCUT2D eigenvalue weighted by Gasteiger charge is -2.14. The lowest BCUT2D eigenvalue weighted by molar-refractivity contribution is 0.178. The van der Waals surface area contributed by atoms with Gasteiger partial charge in [0.25, 0.3) is 0 Å². The van der Waals surface area contributed by atoms with E-state index >= 15 is 0 Å². The number of benzene rings is 2. The molecular formula is C17H20O4. The van der Waals surface area contributed by atoms with Crippen LogP contribution in [0.15, 0.2) is 42.5 Å². The van der Waals surface area contributed by atoms with E-state index in [0.29, 0.717) is 17.9 Å². The fourth-order valence-electron chi connectivity index (χ4n) is 2.16. The molecule has 0 bridgehead atoms. The Morgan fingerprint density at radius 1 is 0.857 bits per heavy atom. The molecule has 4 nitrogen and oxygen atoms in total. The highest BCUT2D eigenvalue weighted by atomic mass is 16.5. The van der Waals surface area contributed by atoms with Crippen LogP contribution in [0.4, 0.5) is 0 Å². The fraction of sp³-hybridized carbons (Fsp3) is 0.294. The highest BCUT2D eigenvalue weighted by molar-refractivity contribution is 5.43. The van der Waals surface area contributed by atoms with Crippen molar-refractivity contribution in [3.8, 4) is 17.2 Å². The molecule has 0 aliphatic rings. The third-order valence-electron chi connectivity index (χ3n) is 3.38. The van der Waals surface area contributed by atoms with E-state index < -0.39 is 6.10 Å². The Morgan fingerprint density at radius 2 is 1.52 bits per heavy atom. The number of hydrogen-bond donors (Lipinski definition) is 1. The Kier molecular flexibility index (Phi) is 5.06. The molecule has 4 heteroatoms. The van der Waals surface area contributed by atoms with Gasteiger partial charge in [-0.2, -0.15) is 0 Å². The first-order valence-corrected chi connectivity index (χ1v) is 6.71. The van der Waals surface area contributed by atoms with Gasteiger partial charge in [-0.05, 0) is 35.4 Å². The summed E-state index contributed by atoms with van der Waals surface area (Å²) in [7, 11) is 4.80. The van der Waals surface area contributed by atoms with E-state index in [-0.39, 0.29) is 0 Å². The number of hydrogen-bond acceptors (Lipinski definition) is 4. The van der Waals surface area contributed by atoms with Crippen molar-refractivity contribution < 1.29 is 19.3 Å². The normalized spacial score (nSPS) is 11.8. The van der Waals surface area contributed by atoms with E-state index in [2.05, 4.69) is 0 Å². The van der Waals surface area contributed by atoms with Crippen LogP contribution in [0.5, 0.6) is 17.2 Å². The lowest BCUT2D eigenvalue weighted by Crippen LogP contribution is -2.03. The summed E-state index contributed by atoms with van der Waals surface area (Å²) >= 11 is 0. The fourth-order valence-corrected chi connectivity index (χ4v) is 2.16. The van der Waals surface area contributed by atoms with E-state index in [9.17, 15) is 5.11 Å². The molecule has 2 aromatic rings. The number of rotatable bonds is 6. The van der Waals surface area contributed by atoms with Crippen LogP contribution in [0.25, 0.3) is 0 Å². The second-order valence-corrected chi connectivity index (χ2v) is 4.68. The summed E-state index contributed by atoms with van der Waals surface area (Å²) in [5.74, 6) is 2.07. The first-order valence-electron chi connectivity index (χ1n) is 6.71. The molecule has 0 aliphatic heterocycles. The Labute approximate surface area is 124 Å². The zero-order valence-corrected chi connectivity index (χ0v) is 12.5.